The summed E-state index contributed by atoms with van der Waals surface area (Å²) in [6, 6.07) is 16.5. The third-order valence-corrected chi connectivity index (χ3v) is 5.22. The Balaban J connectivity index is 1.92. The maximum Gasteiger partial charge on any atom is 0.294 e. The lowest BCUT2D eigenvalue weighted by molar-refractivity contribution is -0.117. The Hall–Kier alpha value is -3.31. The van der Waals surface area contributed by atoms with Gasteiger partial charge in [0, 0.05) is 10.7 Å². The molecule has 1 N–H and O–H groups in total. The molecule has 1 atom stereocenters. The molecule has 1 aliphatic heterocycles. The highest BCUT2D eigenvalue weighted by atomic mass is 35.5. The van der Waals surface area contributed by atoms with Gasteiger partial charge < -0.3 is 9.52 Å². The van der Waals surface area contributed by atoms with E-state index in [9.17, 15) is 14.7 Å². The predicted molar refractivity (Wildman–Crippen MR) is 106 cm³/mol. The second-order valence-electron chi connectivity index (χ2n) is 6.44. The minimum Gasteiger partial charge on any atom is -0.503 e. The van der Waals surface area contributed by atoms with Crippen LogP contribution in [0, 0.1) is 6.92 Å². The topological polar surface area (TPSA) is 70.8 Å². The zero-order valence-electron chi connectivity index (χ0n) is 14.9. The molecular weight excluding hydrogens is 378 g/mol. The number of ketones is 1. The molecule has 3 aromatic rings. The smallest absolute Gasteiger partial charge is 0.294 e. The first-order valence-corrected chi connectivity index (χ1v) is 9.03. The first kappa shape index (κ1) is 18.1. The molecule has 1 aromatic heterocycles. The van der Waals surface area contributed by atoms with Gasteiger partial charge in [0.05, 0.1) is 17.9 Å². The highest BCUT2D eigenvalue weighted by molar-refractivity contribution is 6.32. The lowest BCUT2D eigenvalue weighted by atomic mass is 9.94. The summed E-state index contributed by atoms with van der Waals surface area (Å²) in [6.07, 6.45) is 1.37. The quantitative estimate of drug-likeness (QED) is 0.631. The molecule has 140 valence electrons. The van der Waals surface area contributed by atoms with Gasteiger partial charge in [0.2, 0.25) is 5.78 Å². The van der Waals surface area contributed by atoms with Crippen molar-refractivity contribution >= 4 is 29.0 Å². The molecule has 6 heteroatoms. The Morgan fingerprint density at radius 1 is 1.07 bits per heavy atom. The summed E-state index contributed by atoms with van der Waals surface area (Å²) in [4.78, 5) is 27.5. The van der Waals surface area contributed by atoms with Crippen molar-refractivity contribution in [2.75, 3.05) is 4.90 Å². The number of amides is 1. The molecule has 0 fully saturated rings. The van der Waals surface area contributed by atoms with Crippen molar-refractivity contribution in [1.82, 2.24) is 0 Å². The fourth-order valence-corrected chi connectivity index (χ4v) is 3.60. The van der Waals surface area contributed by atoms with E-state index >= 15 is 0 Å². The normalized spacial score (nSPS) is 16.7. The van der Waals surface area contributed by atoms with Gasteiger partial charge in [-0.3, -0.25) is 14.5 Å². The van der Waals surface area contributed by atoms with Gasteiger partial charge in [0.1, 0.15) is 0 Å². The molecule has 4 rings (SSSR count). The van der Waals surface area contributed by atoms with Crippen LogP contribution in [0.15, 0.2) is 82.7 Å². The third-order valence-electron chi connectivity index (χ3n) is 4.81. The maximum atomic E-state index is 13.1. The summed E-state index contributed by atoms with van der Waals surface area (Å²) in [7, 11) is 0. The van der Waals surface area contributed by atoms with Crippen molar-refractivity contribution < 1.29 is 19.1 Å². The maximum absolute atomic E-state index is 13.1. The number of hydrogen-bond acceptors (Lipinski definition) is 4. The molecule has 1 amide bonds. The van der Waals surface area contributed by atoms with Crippen LogP contribution in [0.25, 0.3) is 0 Å². The lowest BCUT2D eigenvalue weighted by Gasteiger charge is -2.28. The molecule has 5 nitrogen and oxygen atoms in total. The SMILES string of the molecule is Cc1c(Cl)cccc1N1C(=O)C(O)=C(C(=O)c2ccco2)C1c1ccccc1. The largest absolute Gasteiger partial charge is 0.503 e. The number of rotatable bonds is 4. The van der Waals surface area contributed by atoms with E-state index in [2.05, 4.69) is 0 Å². The summed E-state index contributed by atoms with van der Waals surface area (Å²) in [5.41, 5.74) is 1.87. The molecule has 0 saturated heterocycles. The van der Waals surface area contributed by atoms with Crippen molar-refractivity contribution in [3.05, 3.63) is 100 Å². The number of aliphatic hydroxyl groups is 1. The Morgan fingerprint density at radius 2 is 1.82 bits per heavy atom. The van der Waals surface area contributed by atoms with E-state index < -0.39 is 23.5 Å². The third kappa shape index (κ3) is 2.80. The number of aliphatic hydroxyl groups excluding tert-OH is 1. The average Bonchev–Trinajstić information content (AvgIpc) is 3.32. The van der Waals surface area contributed by atoms with Crippen LogP contribution in [0.5, 0.6) is 0 Å². The fraction of sp³-hybridized carbons (Fsp3) is 0.0909. The summed E-state index contributed by atoms with van der Waals surface area (Å²) in [5.74, 6) is -1.73. The molecule has 0 radical (unpaired) electrons. The number of carbonyl (C=O) groups excluding carboxylic acids is 2. The average molecular weight is 394 g/mol. The molecule has 2 heterocycles. The van der Waals surface area contributed by atoms with E-state index in [1.54, 1.807) is 43.3 Å². The highest BCUT2D eigenvalue weighted by Gasteiger charge is 2.45. The van der Waals surface area contributed by atoms with Gasteiger partial charge in [-0.25, -0.2) is 0 Å². The van der Waals surface area contributed by atoms with Crippen molar-refractivity contribution in [2.24, 2.45) is 0 Å². The molecule has 1 unspecified atom stereocenters. The standard InChI is InChI=1S/C22H16ClNO4/c1-13-15(23)9-5-10-16(13)24-19(14-7-3-2-4-8-14)18(21(26)22(24)27)20(25)17-11-6-12-28-17/h2-12,19,26H,1H3. The Morgan fingerprint density at radius 3 is 2.50 bits per heavy atom. The van der Waals surface area contributed by atoms with Crippen molar-refractivity contribution in [1.29, 1.82) is 0 Å². The number of furan rings is 1. The van der Waals surface area contributed by atoms with Gasteiger partial charge in [-0.1, -0.05) is 48.0 Å². The van der Waals surface area contributed by atoms with Crippen LogP contribution >= 0.6 is 11.6 Å². The molecular formula is C22H16ClNO4. The van der Waals surface area contributed by atoms with E-state index in [4.69, 9.17) is 16.0 Å². The minimum absolute atomic E-state index is 0.0227. The van der Waals surface area contributed by atoms with Gasteiger partial charge in [-0.05, 0) is 42.3 Å². The van der Waals surface area contributed by atoms with E-state index in [0.717, 1.165) is 0 Å². The molecule has 0 spiro atoms. The zero-order chi connectivity index (χ0) is 19.8. The monoisotopic (exact) mass is 393 g/mol. The second-order valence-corrected chi connectivity index (χ2v) is 6.85. The number of carbonyl (C=O) groups is 2. The number of Topliss-reactive ketones (excluding diaryl/α,β-unsaturated/α-hetero) is 1. The summed E-state index contributed by atoms with van der Waals surface area (Å²) < 4.78 is 5.21. The van der Waals surface area contributed by atoms with Crippen LogP contribution in [0.4, 0.5) is 5.69 Å². The number of hydrogen-bond donors (Lipinski definition) is 1. The van der Waals surface area contributed by atoms with Gasteiger partial charge >= 0.3 is 0 Å². The number of anilines is 1. The molecule has 0 bridgehead atoms. The molecule has 0 saturated carbocycles. The Kier molecular flexibility index (Phi) is 4.53. The number of halogens is 1. The zero-order valence-corrected chi connectivity index (χ0v) is 15.7. The minimum atomic E-state index is -0.802. The first-order chi connectivity index (χ1) is 13.5. The lowest BCUT2D eigenvalue weighted by Crippen LogP contribution is -2.31. The van der Waals surface area contributed by atoms with Crippen molar-refractivity contribution in [3.8, 4) is 0 Å². The molecule has 0 aliphatic carbocycles. The summed E-state index contributed by atoms with van der Waals surface area (Å²) in [5, 5.41) is 11.1. The highest BCUT2D eigenvalue weighted by Crippen LogP contribution is 2.43. The van der Waals surface area contributed by atoms with E-state index in [-0.39, 0.29) is 11.3 Å². The van der Waals surface area contributed by atoms with Gasteiger partial charge in [-0.2, -0.15) is 0 Å². The summed E-state index contributed by atoms with van der Waals surface area (Å²) >= 11 is 6.25. The van der Waals surface area contributed by atoms with E-state index in [1.165, 1.54) is 17.2 Å². The fourth-order valence-electron chi connectivity index (χ4n) is 3.43. The van der Waals surface area contributed by atoms with Crippen LogP contribution in [0.1, 0.15) is 27.7 Å². The number of benzene rings is 2. The van der Waals surface area contributed by atoms with Crippen molar-refractivity contribution in [3.63, 3.8) is 0 Å². The first-order valence-electron chi connectivity index (χ1n) is 8.65. The molecule has 2 aromatic carbocycles. The molecule has 28 heavy (non-hydrogen) atoms. The Bertz CT molecular complexity index is 1090. The predicted octanol–water partition coefficient (Wildman–Crippen LogP) is 5.02. The van der Waals surface area contributed by atoms with Crippen LogP contribution < -0.4 is 4.90 Å². The van der Waals surface area contributed by atoms with Crippen LogP contribution in [0.3, 0.4) is 0 Å². The van der Waals surface area contributed by atoms with E-state index in [0.29, 0.717) is 21.8 Å². The van der Waals surface area contributed by atoms with Crippen molar-refractivity contribution in [2.45, 2.75) is 13.0 Å². The van der Waals surface area contributed by atoms with Gasteiger partial charge in [0.15, 0.2) is 11.5 Å². The number of nitrogens with zero attached hydrogens (tertiary/aromatic N) is 1. The Labute approximate surface area is 166 Å². The molecule has 1 aliphatic rings. The van der Waals surface area contributed by atoms with E-state index in [1.807, 2.05) is 18.2 Å². The van der Waals surface area contributed by atoms with Crippen LogP contribution in [-0.4, -0.2) is 16.8 Å². The van der Waals surface area contributed by atoms with Gasteiger partial charge in [0.25, 0.3) is 5.91 Å². The van der Waals surface area contributed by atoms with Gasteiger partial charge in [-0.15, -0.1) is 0 Å². The van der Waals surface area contributed by atoms with Crippen LogP contribution in [-0.2, 0) is 4.79 Å². The summed E-state index contributed by atoms with van der Waals surface area (Å²) in [6.45, 7) is 1.79. The second kappa shape index (κ2) is 7.02. The van der Waals surface area contributed by atoms with Crippen LogP contribution in [0.2, 0.25) is 5.02 Å².